The van der Waals surface area contributed by atoms with Gasteiger partial charge in [0.1, 0.15) is 6.10 Å². The van der Waals surface area contributed by atoms with Crippen molar-refractivity contribution in [3.8, 4) is 0 Å². The largest absolute Gasteiger partial charge is 0.462 e. The SMILES string of the molecule is CC(C)C(=O)O[C@@H]1C[C@H](C)CC[C@H]1C(C)C. The third-order valence-electron chi connectivity index (χ3n) is 3.70. The summed E-state index contributed by atoms with van der Waals surface area (Å²) in [6.45, 7) is 10.5. The Morgan fingerprint density at radius 2 is 1.81 bits per heavy atom. The van der Waals surface area contributed by atoms with Crippen molar-refractivity contribution in [2.75, 3.05) is 0 Å². The zero-order chi connectivity index (χ0) is 12.3. The molecule has 0 radical (unpaired) electrons. The second kappa shape index (κ2) is 5.70. The fourth-order valence-corrected chi connectivity index (χ4v) is 2.54. The lowest BCUT2D eigenvalue weighted by molar-refractivity contribution is -0.159. The molecule has 0 N–H and O–H groups in total. The van der Waals surface area contributed by atoms with E-state index in [1.54, 1.807) is 0 Å². The molecule has 3 atom stereocenters. The molecule has 1 rings (SSSR count). The molecular weight excluding hydrogens is 200 g/mol. The van der Waals surface area contributed by atoms with Gasteiger partial charge in [0.25, 0.3) is 0 Å². The highest BCUT2D eigenvalue weighted by Gasteiger charge is 2.33. The van der Waals surface area contributed by atoms with Crippen LogP contribution in [0.1, 0.15) is 53.9 Å². The van der Waals surface area contributed by atoms with E-state index in [-0.39, 0.29) is 18.0 Å². The molecule has 0 heterocycles. The van der Waals surface area contributed by atoms with Gasteiger partial charge in [0.15, 0.2) is 0 Å². The summed E-state index contributed by atoms with van der Waals surface area (Å²) < 4.78 is 5.66. The van der Waals surface area contributed by atoms with Gasteiger partial charge >= 0.3 is 5.97 Å². The highest BCUT2D eigenvalue weighted by Crippen LogP contribution is 2.35. The molecule has 0 amide bonds. The number of hydrogen-bond acceptors (Lipinski definition) is 2. The average Bonchev–Trinajstić information content (AvgIpc) is 2.16. The van der Waals surface area contributed by atoms with E-state index < -0.39 is 0 Å². The van der Waals surface area contributed by atoms with Gasteiger partial charge in [0.05, 0.1) is 5.92 Å². The molecule has 0 saturated heterocycles. The fourth-order valence-electron chi connectivity index (χ4n) is 2.54. The highest BCUT2D eigenvalue weighted by molar-refractivity contribution is 5.71. The normalized spacial score (nSPS) is 30.8. The van der Waals surface area contributed by atoms with Crippen molar-refractivity contribution in [1.82, 2.24) is 0 Å². The zero-order valence-corrected chi connectivity index (χ0v) is 11.3. The maximum atomic E-state index is 11.7. The fraction of sp³-hybridized carbons (Fsp3) is 0.929. The Hall–Kier alpha value is -0.530. The van der Waals surface area contributed by atoms with Crippen molar-refractivity contribution >= 4 is 5.97 Å². The van der Waals surface area contributed by atoms with Gasteiger partial charge in [-0.15, -0.1) is 0 Å². The Labute approximate surface area is 99.8 Å². The van der Waals surface area contributed by atoms with Gasteiger partial charge in [-0.25, -0.2) is 0 Å². The van der Waals surface area contributed by atoms with E-state index in [1.165, 1.54) is 12.8 Å². The summed E-state index contributed by atoms with van der Waals surface area (Å²) in [7, 11) is 0. The van der Waals surface area contributed by atoms with Crippen LogP contribution in [0.15, 0.2) is 0 Å². The van der Waals surface area contributed by atoms with Crippen LogP contribution in [-0.2, 0) is 9.53 Å². The molecule has 0 aliphatic heterocycles. The van der Waals surface area contributed by atoms with Crippen LogP contribution in [0.5, 0.6) is 0 Å². The van der Waals surface area contributed by atoms with E-state index >= 15 is 0 Å². The molecule has 1 aliphatic rings. The van der Waals surface area contributed by atoms with Crippen LogP contribution >= 0.6 is 0 Å². The van der Waals surface area contributed by atoms with Crippen LogP contribution < -0.4 is 0 Å². The van der Waals surface area contributed by atoms with Crippen LogP contribution in [0.25, 0.3) is 0 Å². The molecule has 0 spiro atoms. The van der Waals surface area contributed by atoms with Crippen LogP contribution in [0.2, 0.25) is 0 Å². The number of hydrogen-bond donors (Lipinski definition) is 0. The highest BCUT2D eigenvalue weighted by atomic mass is 16.5. The van der Waals surface area contributed by atoms with Gasteiger partial charge in [-0.1, -0.05) is 41.0 Å². The molecule has 2 nitrogen and oxygen atoms in total. The van der Waals surface area contributed by atoms with E-state index in [2.05, 4.69) is 20.8 Å². The van der Waals surface area contributed by atoms with E-state index in [0.717, 1.165) is 6.42 Å². The van der Waals surface area contributed by atoms with E-state index in [1.807, 2.05) is 13.8 Å². The monoisotopic (exact) mass is 226 g/mol. The number of esters is 1. The van der Waals surface area contributed by atoms with Gasteiger partial charge in [-0.3, -0.25) is 4.79 Å². The minimum absolute atomic E-state index is 0.00922. The van der Waals surface area contributed by atoms with Gasteiger partial charge < -0.3 is 4.74 Å². The zero-order valence-electron chi connectivity index (χ0n) is 11.3. The molecule has 0 unspecified atom stereocenters. The lowest BCUT2D eigenvalue weighted by Gasteiger charge is -2.37. The first-order valence-electron chi connectivity index (χ1n) is 6.62. The van der Waals surface area contributed by atoms with Crippen molar-refractivity contribution in [2.24, 2.45) is 23.7 Å². The second-order valence-electron chi connectivity index (χ2n) is 5.96. The summed E-state index contributed by atoms with van der Waals surface area (Å²) >= 11 is 0. The number of rotatable bonds is 3. The van der Waals surface area contributed by atoms with Gasteiger partial charge in [0.2, 0.25) is 0 Å². The third-order valence-corrected chi connectivity index (χ3v) is 3.70. The molecule has 2 heteroatoms. The molecule has 1 fully saturated rings. The first kappa shape index (κ1) is 13.5. The molecule has 0 aromatic carbocycles. The average molecular weight is 226 g/mol. The summed E-state index contributed by atoms with van der Waals surface area (Å²) in [5.41, 5.74) is 0. The van der Waals surface area contributed by atoms with Crippen molar-refractivity contribution < 1.29 is 9.53 Å². The minimum Gasteiger partial charge on any atom is -0.462 e. The number of carbonyl (C=O) groups is 1. The van der Waals surface area contributed by atoms with Crippen LogP contribution in [0.3, 0.4) is 0 Å². The first-order chi connectivity index (χ1) is 7.41. The number of carbonyl (C=O) groups excluding carboxylic acids is 1. The first-order valence-corrected chi connectivity index (χ1v) is 6.62. The topological polar surface area (TPSA) is 26.3 Å². The van der Waals surface area contributed by atoms with Gasteiger partial charge in [-0.2, -0.15) is 0 Å². The maximum absolute atomic E-state index is 11.7. The van der Waals surface area contributed by atoms with E-state index in [9.17, 15) is 4.79 Å². The van der Waals surface area contributed by atoms with Gasteiger partial charge in [0, 0.05) is 0 Å². The predicted octanol–water partition coefficient (Wildman–Crippen LogP) is 3.65. The van der Waals surface area contributed by atoms with Crippen molar-refractivity contribution in [1.29, 1.82) is 0 Å². The molecule has 0 aromatic heterocycles. The molecule has 16 heavy (non-hydrogen) atoms. The van der Waals surface area contributed by atoms with Gasteiger partial charge in [-0.05, 0) is 30.6 Å². The molecular formula is C14H26O2. The molecule has 0 bridgehead atoms. The lowest BCUT2D eigenvalue weighted by atomic mass is 9.75. The van der Waals surface area contributed by atoms with Crippen LogP contribution in [0.4, 0.5) is 0 Å². The number of ether oxygens (including phenoxy) is 1. The Morgan fingerprint density at radius 3 is 2.31 bits per heavy atom. The Morgan fingerprint density at radius 1 is 1.19 bits per heavy atom. The van der Waals surface area contributed by atoms with Crippen LogP contribution in [-0.4, -0.2) is 12.1 Å². The quantitative estimate of drug-likeness (QED) is 0.687. The van der Waals surface area contributed by atoms with Crippen molar-refractivity contribution in [3.05, 3.63) is 0 Å². The Bertz CT molecular complexity index is 233. The smallest absolute Gasteiger partial charge is 0.308 e. The van der Waals surface area contributed by atoms with Crippen molar-refractivity contribution in [2.45, 2.75) is 60.0 Å². The summed E-state index contributed by atoms with van der Waals surface area (Å²) in [5, 5.41) is 0. The van der Waals surface area contributed by atoms with Crippen molar-refractivity contribution in [3.63, 3.8) is 0 Å². The summed E-state index contributed by atoms with van der Waals surface area (Å²) in [6, 6.07) is 0. The molecule has 1 aliphatic carbocycles. The molecule has 94 valence electrons. The molecule has 0 aromatic rings. The lowest BCUT2D eigenvalue weighted by Crippen LogP contribution is -2.36. The Kier molecular flexibility index (Phi) is 4.82. The minimum atomic E-state index is -0.0373. The standard InChI is InChI=1S/C14H26O2/c1-9(2)12-7-6-11(5)8-13(12)16-14(15)10(3)4/h9-13H,6-8H2,1-5H3/t11-,12+,13-/m1/s1. The Balaban J connectivity index is 2.61. The maximum Gasteiger partial charge on any atom is 0.308 e. The summed E-state index contributed by atoms with van der Waals surface area (Å²) in [5.74, 6) is 1.81. The third kappa shape index (κ3) is 3.50. The van der Waals surface area contributed by atoms with E-state index in [4.69, 9.17) is 4.74 Å². The summed E-state index contributed by atoms with van der Waals surface area (Å²) in [4.78, 5) is 11.7. The molecule has 1 saturated carbocycles. The second-order valence-corrected chi connectivity index (χ2v) is 5.96. The van der Waals surface area contributed by atoms with Crippen LogP contribution in [0, 0.1) is 23.7 Å². The predicted molar refractivity (Wildman–Crippen MR) is 66.1 cm³/mol. The van der Waals surface area contributed by atoms with E-state index in [0.29, 0.717) is 17.8 Å². The summed E-state index contributed by atoms with van der Waals surface area (Å²) in [6.07, 6.45) is 3.67.